The van der Waals surface area contributed by atoms with Gasteiger partial charge in [0.05, 0.1) is 13.7 Å². The maximum Gasteiger partial charge on any atom is 0.161 e. The molecule has 1 N–H and O–H groups in total. The van der Waals surface area contributed by atoms with Crippen LogP contribution in [0.2, 0.25) is 0 Å². The molecule has 0 fully saturated rings. The predicted molar refractivity (Wildman–Crippen MR) is 86.2 cm³/mol. The van der Waals surface area contributed by atoms with Crippen LogP contribution in [0.15, 0.2) is 18.2 Å². The molecule has 0 unspecified atom stereocenters. The van der Waals surface area contributed by atoms with Gasteiger partial charge in [-0.2, -0.15) is 0 Å². The number of hydrogen-bond acceptors (Lipinski definition) is 4. The fourth-order valence-corrected chi connectivity index (χ4v) is 1.91. The molecule has 0 radical (unpaired) electrons. The standard InChI is InChI=1S/C17H29NO3/c1-4-6-10-20-11-12-21-17-13-15(14-18-9-5-2)7-8-16(17)19-3/h7-8,13,18H,4-6,9-12,14H2,1-3H3. The molecule has 1 rings (SSSR count). The van der Waals surface area contributed by atoms with Crippen molar-refractivity contribution in [3.63, 3.8) is 0 Å². The molecule has 0 amide bonds. The number of benzene rings is 1. The zero-order valence-corrected chi connectivity index (χ0v) is 13.6. The molecule has 0 atom stereocenters. The minimum Gasteiger partial charge on any atom is -0.493 e. The van der Waals surface area contributed by atoms with Crippen LogP contribution in [0.5, 0.6) is 11.5 Å². The van der Waals surface area contributed by atoms with Crippen molar-refractivity contribution in [2.24, 2.45) is 0 Å². The molecule has 0 saturated heterocycles. The maximum absolute atomic E-state index is 5.78. The number of unbranched alkanes of at least 4 members (excludes halogenated alkanes) is 1. The molecule has 0 heterocycles. The van der Waals surface area contributed by atoms with Gasteiger partial charge in [-0.1, -0.05) is 26.3 Å². The first-order chi connectivity index (χ1) is 10.3. The van der Waals surface area contributed by atoms with Crippen LogP contribution in [0.25, 0.3) is 0 Å². The van der Waals surface area contributed by atoms with Crippen molar-refractivity contribution in [1.29, 1.82) is 0 Å². The summed E-state index contributed by atoms with van der Waals surface area (Å²) in [5, 5.41) is 3.39. The summed E-state index contributed by atoms with van der Waals surface area (Å²) < 4.78 is 16.6. The van der Waals surface area contributed by atoms with Gasteiger partial charge in [-0.15, -0.1) is 0 Å². The third-order valence-corrected chi connectivity index (χ3v) is 3.11. The van der Waals surface area contributed by atoms with E-state index in [9.17, 15) is 0 Å². The van der Waals surface area contributed by atoms with Crippen LogP contribution in [0.1, 0.15) is 38.7 Å². The van der Waals surface area contributed by atoms with Crippen LogP contribution in [0.4, 0.5) is 0 Å². The van der Waals surface area contributed by atoms with E-state index in [-0.39, 0.29) is 0 Å². The van der Waals surface area contributed by atoms with Gasteiger partial charge in [0.1, 0.15) is 6.61 Å². The molecule has 0 aliphatic carbocycles. The van der Waals surface area contributed by atoms with Crippen molar-refractivity contribution in [3.05, 3.63) is 23.8 Å². The molecule has 0 aliphatic rings. The first-order valence-corrected chi connectivity index (χ1v) is 7.90. The quantitative estimate of drug-likeness (QED) is 0.600. The second-order valence-corrected chi connectivity index (χ2v) is 4.98. The Labute approximate surface area is 128 Å². The Morgan fingerprint density at radius 3 is 2.57 bits per heavy atom. The third kappa shape index (κ3) is 7.34. The van der Waals surface area contributed by atoms with Crippen molar-refractivity contribution < 1.29 is 14.2 Å². The lowest BCUT2D eigenvalue weighted by molar-refractivity contribution is 0.0970. The van der Waals surface area contributed by atoms with E-state index in [2.05, 4.69) is 25.2 Å². The molecule has 0 aliphatic heterocycles. The molecule has 120 valence electrons. The Morgan fingerprint density at radius 1 is 1.00 bits per heavy atom. The number of methoxy groups -OCH3 is 1. The average Bonchev–Trinajstić information content (AvgIpc) is 2.51. The lowest BCUT2D eigenvalue weighted by Crippen LogP contribution is -2.14. The summed E-state index contributed by atoms with van der Waals surface area (Å²) in [5.41, 5.74) is 1.20. The van der Waals surface area contributed by atoms with Crippen molar-refractivity contribution in [2.45, 2.75) is 39.7 Å². The van der Waals surface area contributed by atoms with Gasteiger partial charge in [-0.3, -0.25) is 0 Å². The zero-order chi connectivity index (χ0) is 15.3. The second kappa shape index (κ2) is 11.4. The molecule has 0 aromatic heterocycles. The molecular weight excluding hydrogens is 266 g/mol. The molecule has 4 heteroatoms. The van der Waals surface area contributed by atoms with E-state index < -0.39 is 0 Å². The molecule has 1 aromatic rings. The van der Waals surface area contributed by atoms with Gasteiger partial charge < -0.3 is 19.5 Å². The highest BCUT2D eigenvalue weighted by atomic mass is 16.5. The van der Waals surface area contributed by atoms with Crippen LogP contribution in [-0.4, -0.2) is 33.5 Å². The monoisotopic (exact) mass is 295 g/mol. The van der Waals surface area contributed by atoms with Crippen molar-refractivity contribution in [1.82, 2.24) is 5.32 Å². The topological polar surface area (TPSA) is 39.7 Å². The van der Waals surface area contributed by atoms with E-state index in [4.69, 9.17) is 14.2 Å². The summed E-state index contributed by atoms with van der Waals surface area (Å²) in [5.74, 6) is 1.55. The van der Waals surface area contributed by atoms with E-state index in [1.807, 2.05) is 12.1 Å². The van der Waals surface area contributed by atoms with Crippen LogP contribution in [0, 0.1) is 0 Å². The zero-order valence-electron chi connectivity index (χ0n) is 13.6. The van der Waals surface area contributed by atoms with Gasteiger partial charge in [-0.05, 0) is 37.1 Å². The number of nitrogens with one attached hydrogen (secondary N) is 1. The molecule has 4 nitrogen and oxygen atoms in total. The summed E-state index contributed by atoms with van der Waals surface area (Å²) in [4.78, 5) is 0. The fraction of sp³-hybridized carbons (Fsp3) is 0.647. The molecule has 0 saturated carbocycles. The number of hydrogen-bond donors (Lipinski definition) is 1. The Kier molecular flexibility index (Phi) is 9.66. The Hall–Kier alpha value is -1.26. The first-order valence-electron chi connectivity index (χ1n) is 7.90. The van der Waals surface area contributed by atoms with Crippen LogP contribution >= 0.6 is 0 Å². The van der Waals surface area contributed by atoms with E-state index in [0.717, 1.165) is 50.5 Å². The van der Waals surface area contributed by atoms with E-state index >= 15 is 0 Å². The lowest BCUT2D eigenvalue weighted by Gasteiger charge is -2.13. The van der Waals surface area contributed by atoms with Crippen molar-refractivity contribution >= 4 is 0 Å². The van der Waals surface area contributed by atoms with Crippen molar-refractivity contribution in [2.75, 3.05) is 33.5 Å². The predicted octanol–water partition coefficient (Wildman–Crippen LogP) is 3.39. The van der Waals surface area contributed by atoms with Gasteiger partial charge in [0.15, 0.2) is 11.5 Å². The fourth-order valence-electron chi connectivity index (χ4n) is 1.91. The summed E-state index contributed by atoms with van der Waals surface area (Å²) in [6.07, 6.45) is 3.39. The highest BCUT2D eigenvalue weighted by molar-refractivity contribution is 5.42. The second-order valence-electron chi connectivity index (χ2n) is 4.98. The van der Waals surface area contributed by atoms with E-state index in [1.54, 1.807) is 7.11 Å². The van der Waals surface area contributed by atoms with Gasteiger partial charge >= 0.3 is 0 Å². The largest absolute Gasteiger partial charge is 0.493 e. The Morgan fingerprint density at radius 2 is 1.86 bits per heavy atom. The third-order valence-electron chi connectivity index (χ3n) is 3.11. The average molecular weight is 295 g/mol. The number of ether oxygens (including phenoxy) is 3. The van der Waals surface area contributed by atoms with Crippen LogP contribution in [-0.2, 0) is 11.3 Å². The Bertz CT molecular complexity index is 382. The van der Waals surface area contributed by atoms with Crippen molar-refractivity contribution in [3.8, 4) is 11.5 Å². The molecule has 1 aromatic carbocycles. The van der Waals surface area contributed by atoms with Gasteiger partial charge in [0.25, 0.3) is 0 Å². The summed E-state index contributed by atoms with van der Waals surface area (Å²) >= 11 is 0. The summed E-state index contributed by atoms with van der Waals surface area (Å²) in [6, 6.07) is 6.05. The summed E-state index contributed by atoms with van der Waals surface area (Å²) in [6.45, 7) is 8.15. The smallest absolute Gasteiger partial charge is 0.161 e. The minimum absolute atomic E-state index is 0.548. The molecule has 0 bridgehead atoms. The normalized spacial score (nSPS) is 10.6. The summed E-state index contributed by atoms with van der Waals surface area (Å²) in [7, 11) is 1.66. The van der Waals surface area contributed by atoms with E-state index in [0.29, 0.717) is 13.2 Å². The molecule has 0 spiro atoms. The van der Waals surface area contributed by atoms with Crippen LogP contribution in [0.3, 0.4) is 0 Å². The first kappa shape index (κ1) is 17.8. The minimum atomic E-state index is 0.548. The van der Waals surface area contributed by atoms with Crippen LogP contribution < -0.4 is 14.8 Å². The van der Waals surface area contributed by atoms with E-state index in [1.165, 1.54) is 5.56 Å². The molecular formula is C17H29NO3. The Balaban J connectivity index is 2.43. The van der Waals surface area contributed by atoms with Gasteiger partial charge in [0.2, 0.25) is 0 Å². The number of rotatable bonds is 12. The van der Waals surface area contributed by atoms with Gasteiger partial charge in [0, 0.05) is 13.2 Å². The van der Waals surface area contributed by atoms with Gasteiger partial charge in [-0.25, -0.2) is 0 Å². The SMILES string of the molecule is CCCCOCCOc1cc(CNCCC)ccc1OC. The molecule has 21 heavy (non-hydrogen) atoms. The maximum atomic E-state index is 5.78. The lowest BCUT2D eigenvalue weighted by atomic mass is 10.2. The highest BCUT2D eigenvalue weighted by Crippen LogP contribution is 2.28. The highest BCUT2D eigenvalue weighted by Gasteiger charge is 2.05.